The third-order valence-electron chi connectivity index (χ3n) is 0.196. The minimum absolute atomic E-state index is 1.15. The minimum Gasteiger partial charge on any atom is -0.469 e. The lowest BCUT2D eigenvalue weighted by Crippen LogP contribution is -2.09. The second-order valence-electron chi connectivity index (χ2n) is 1.04. The average Bonchev–Trinajstić information content (AvgIpc) is 1.52. The Morgan fingerprint density at radius 2 is 1.42 bits per heavy atom. The van der Waals surface area contributed by atoms with E-state index in [1.165, 1.54) is 0 Å². The van der Waals surface area contributed by atoms with Crippen LogP contribution in [0.2, 0.25) is 0 Å². The Bertz CT molecular complexity index is 159. The van der Waals surface area contributed by atoms with Crippen molar-refractivity contribution in [3.63, 3.8) is 0 Å². The average molecular weight is 278 g/mol. The summed E-state index contributed by atoms with van der Waals surface area (Å²) >= 11 is 23.6. The third-order valence-corrected chi connectivity index (χ3v) is 0.505. The van der Waals surface area contributed by atoms with Crippen molar-refractivity contribution in [1.82, 2.24) is 0 Å². The number of carbonyl (C=O) groups is 2. The molecule has 9 heteroatoms. The molecule has 4 nitrogen and oxygen atoms in total. The van der Waals surface area contributed by atoms with Crippen LogP contribution in [0.25, 0.3) is 0 Å². The predicted molar refractivity (Wildman–Crippen MR) is 46.5 cm³/mol. The summed E-state index contributed by atoms with van der Waals surface area (Å²) in [6.45, 7) is 0. The minimum atomic E-state index is -2.04. The molecule has 0 unspecified atom stereocenters. The fraction of sp³-hybridized carbons (Fsp3) is 0.333. The molecule has 0 saturated carbocycles. The Kier molecular flexibility index (Phi) is 8.51. The number of rotatable bonds is 0. The molecule has 0 aromatic rings. The van der Waals surface area contributed by atoms with Gasteiger partial charge in [0, 0.05) is 23.2 Å². The largest absolute Gasteiger partial charge is 0.469 e. The van der Waals surface area contributed by atoms with Crippen molar-refractivity contribution >= 4 is 68.9 Å². The van der Waals surface area contributed by atoms with Crippen LogP contribution in [0.15, 0.2) is 0 Å². The standard InChI is InChI=1S/C2Cl4O2.CHClO2/c3-1(7)8-2(4,5)6;2-1(3)4/h;(H,3,4). The Labute approximate surface area is 92.2 Å². The van der Waals surface area contributed by atoms with Crippen LogP contribution in [-0.2, 0) is 4.74 Å². The van der Waals surface area contributed by atoms with Crippen LogP contribution in [0.5, 0.6) is 0 Å². The van der Waals surface area contributed by atoms with Crippen molar-refractivity contribution in [1.29, 1.82) is 0 Å². The summed E-state index contributed by atoms with van der Waals surface area (Å²) in [6.07, 6.45) is 0. The van der Waals surface area contributed by atoms with Crippen molar-refractivity contribution < 1.29 is 19.4 Å². The maximum atomic E-state index is 9.75. The number of carbonyl (C=O) groups excluding carboxylic acids is 1. The van der Waals surface area contributed by atoms with E-state index in [1.807, 2.05) is 0 Å². The number of hydrogen-bond donors (Lipinski definition) is 1. The van der Waals surface area contributed by atoms with Crippen LogP contribution in [-0.4, -0.2) is 19.9 Å². The van der Waals surface area contributed by atoms with Crippen LogP contribution in [0.4, 0.5) is 9.59 Å². The first kappa shape index (κ1) is 14.9. The van der Waals surface area contributed by atoms with E-state index in [9.17, 15) is 4.79 Å². The van der Waals surface area contributed by atoms with Gasteiger partial charge in [-0.2, -0.15) is 0 Å². The highest BCUT2D eigenvalue weighted by molar-refractivity contribution is 6.69. The Balaban J connectivity index is 0. The summed E-state index contributed by atoms with van der Waals surface area (Å²) < 4.78 is 1.82. The molecule has 0 amide bonds. The van der Waals surface area contributed by atoms with Gasteiger partial charge in [-0.05, 0) is 34.8 Å². The highest BCUT2D eigenvalue weighted by atomic mass is 35.6. The zero-order valence-electron chi connectivity index (χ0n) is 5.06. The molecule has 0 saturated heterocycles. The van der Waals surface area contributed by atoms with E-state index in [0.29, 0.717) is 0 Å². The van der Waals surface area contributed by atoms with Gasteiger partial charge in [0.05, 0.1) is 0 Å². The molecular formula is C3HCl5O4. The molecule has 0 rings (SSSR count). The summed E-state index contributed by atoms with van der Waals surface area (Å²) in [5, 5.41) is 7.18. The highest BCUT2D eigenvalue weighted by Crippen LogP contribution is 2.27. The summed E-state index contributed by atoms with van der Waals surface area (Å²) in [5.74, 6) is 0. The number of carboxylic acid groups (broad SMARTS) is 1. The third kappa shape index (κ3) is 31.5. The van der Waals surface area contributed by atoms with Crippen molar-refractivity contribution in [2.24, 2.45) is 0 Å². The van der Waals surface area contributed by atoms with Gasteiger partial charge in [-0.15, -0.1) is 0 Å². The van der Waals surface area contributed by atoms with Gasteiger partial charge in [0.1, 0.15) is 0 Å². The van der Waals surface area contributed by atoms with Gasteiger partial charge in [-0.3, -0.25) is 0 Å². The SMILES string of the molecule is O=C(Cl)OC(Cl)(Cl)Cl.O=C(O)Cl. The van der Waals surface area contributed by atoms with Crippen molar-refractivity contribution in [2.75, 3.05) is 0 Å². The fourth-order valence-electron chi connectivity index (χ4n) is 0.0910. The van der Waals surface area contributed by atoms with E-state index in [2.05, 4.69) is 27.9 Å². The fourth-order valence-corrected chi connectivity index (χ4v) is 0.535. The van der Waals surface area contributed by atoms with Crippen molar-refractivity contribution in [3.8, 4) is 0 Å². The van der Waals surface area contributed by atoms with Crippen LogP contribution in [0, 0.1) is 0 Å². The summed E-state index contributed by atoms with van der Waals surface area (Å²) in [6, 6.07) is 0. The number of ether oxygens (including phenoxy) is 1. The van der Waals surface area contributed by atoms with Gasteiger partial charge in [0.15, 0.2) is 0 Å². The normalized spacial score (nSPS) is 9.42. The number of halogens is 5. The molecule has 0 heterocycles. The summed E-state index contributed by atoms with van der Waals surface area (Å²) in [4.78, 5) is 18.5. The molecular weight excluding hydrogens is 277 g/mol. The van der Waals surface area contributed by atoms with Crippen molar-refractivity contribution in [3.05, 3.63) is 0 Å². The zero-order valence-corrected chi connectivity index (χ0v) is 8.84. The smallest absolute Gasteiger partial charge is 0.407 e. The topological polar surface area (TPSA) is 63.6 Å². The summed E-state index contributed by atoms with van der Waals surface area (Å²) in [7, 11) is 0. The van der Waals surface area contributed by atoms with Crippen molar-refractivity contribution in [2.45, 2.75) is 3.98 Å². The Morgan fingerprint density at radius 1 is 1.17 bits per heavy atom. The maximum Gasteiger partial charge on any atom is 0.407 e. The quantitative estimate of drug-likeness (QED) is 0.543. The molecule has 0 spiro atoms. The lowest BCUT2D eigenvalue weighted by Gasteiger charge is -2.06. The van der Waals surface area contributed by atoms with Gasteiger partial charge < -0.3 is 9.84 Å². The zero-order chi connectivity index (χ0) is 10.4. The first-order chi connectivity index (χ1) is 5.15. The molecule has 0 aromatic heterocycles. The van der Waals surface area contributed by atoms with E-state index in [1.54, 1.807) is 0 Å². The van der Waals surface area contributed by atoms with E-state index >= 15 is 0 Å². The molecule has 0 fully saturated rings. The lowest BCUT2D eigenvalue weighted by atomic mass is 11.4. The molecule has 0 radical (unpaired) electrons. The van der Waals surface area contributed by atoms with Gasteiger partial charge in [-0.1, -0.05) is 0 Å². The van der Waals surface area contributed by atoms with E-state index < -0.39 is 14.8 Å². The first-order valence-corrected chi connectivity index (χ1v) is 3.87. The van der Waals surface area contributed by atoms with Crippen LogP contribution in [0.3, 0.4) is 0 Å². The maximum absolute atomic E-state index is 9.75. The van der Waals surface area contributed by atoms with Gasteiger partial charge in [0.25, 0.3) is 0 Å². The number of alkyl halides is 3. The molecule has 0 bridgehead atoms. The van der Waals surface area contributed by atoms with E-state index in [0.717, 1.165) is 0 Å². The van der Waals surface area contributed by atoms with Crippen LogP contribution >= 0.6 is 58.0 Å². The second kappa shape index (κ2) is 6.86. The highest BCUT2D eigenvalue weighted by Gasteiger charge is 2.23. The second-order valence-corrected chi connectivity index (χ2v) is 3.85. The molecule has 0 aromatic carbocycles. The number of hydrogen-bond acceptors (Lipinski definition) is 3. The van der Waals surface area contributed by atoms with Gasteiger partial charge in [-0.25, -0.2) is 9.59 Å². The van der Waals surface area contributed by atoms with E-state index in [-0.39, 0.29) is 0 Å². The predicted octanol–water partition coefficient (Wildman–Crippen LogP) is 3.59. The Morgan fingerprint density at radius 3 is 1.42 bits per heavy atom. The Hall–Kier alpha value is 0.390. The summed E-state index contributed by atoms with van der Waals surface area (Å²) in [5.41, 5.74) is -2.51. The molecule has 0 aliphatic heterocycles. The molecule has 1 N–H and O–H groups in total. The first-order valence-electron chi connectivity index (χ1n) is 1.99. The molecule has 0 aliphatic carbocycles. The molecule has 12 heavy (non-hydrogen) atoms. The van der Waals surface area contributed by atoms with E-state index in [4.69, 9.17) is 44.7 Å². The van der Waals surface area contributed by atoms with Gasteiger partial charge >= 0.3 is 14.8 Å². The monoisotopic (exact) mass is 276 g/mol. The molecule has 0 atom stereocenters. The molecule has 72 valence electrons. The van der Waals surface area contributed by atoms with Crippen LogP contribution in [0.1, 0.15) is 0 Å². The van der Waals surface area contributed by atoms with Gasteiger partial charge in [0.2, 0.25) is 0 Å². The lowest BCUT2D eigenvalue weighted by molar-refractivity contribution is 0.172. The van der Waals surface area contributed by atoms with Crippen LogP contribution < -0.4 is 0 Å². The molecule has 0 aliphatic rings.